The van der Waals surface area contributed by atoms with Crippen molar-refractivity contribution in [3.63, 3.8) is 0 Å². The lowest BCUT2D eigenvalue weighted by atomic mass is 10.1. The summed E-state index contributed by atoms with van der Waals surface area (Å²) in [5, 5.41) is 0. The van der Waals surface area contributed by atoms with Crippen LogP contribution in [0.1, 0.15) is 24.0 Å². The number of carbonyl (C=O) groups excluding carboxylic acids is 1. The molecule has 27 heavy (non-hydrogen) atoms. The number of hydrogen-bond donors (Lipinski definition) is 0. The molecule has 1 atom stereocenters. The van der Waals surface area contributed by atoms with Gasteiger partial charge in [-0.25, -0.2) is 8.42 Å². The Hall–Kier alpha value is -2.25. The van der Waals surface area contributed by atoms with Crippen LogP contribution in [0.2, 0.25) is 0 Å². The molecule has 0 radical (unpaired) electrons. The van der Waals surface area contributed by atoms with Crippen molar-refractivity contribution >= 4 is 15.9 Å². The van der Waals surface area contributed by atoms with Crippen molar-refractivity contribution in [1.29, 1.82) is 0 Å². The van der Waals surface area contributed by atoms with Crippen LogP contribution in [0.5, 0.6) is 0 Å². The molecule has 1 aliphatic heterocycles. The predicted octanol–water partition coefficient (Wildman–Crippen LogP) is 2.08. The maximum absolute atomic E-state index is 13.2. The molecule has 6 nitrogen and oxygen atoms in total. The molecular formula is C20H25N3O3S. The quantitative estimate of drug-likeness (QED) is 0.729. The first-order chi connectivity index (χ1) is 12.9. The fourth-order valence-corrected chi connectivity index (χ4v) is 4.60. The van der Waals surface area contributed by atoms with Crippen LogP contribution in [0.15, 0.2) is 54.9 Å². The van der Waals surface area contributed by atoms with Crippen LogP contribution in [-0.4, -0.2) is 53.9 Å². The molecule has 1 aliphatic rings. The maximum Gasteiger partial charge on any atom is 0.241 e. The minimum absolute atomic E-state index is 0.127. The van der Waals surface area contributed by atoms with Crippen molar-refractivity contribution in [3.05, 3.63) is 66.0 Å². The van der Waals surface area contributed by atoms with E-state index in [0.717, 1.165) is 17.5 Å². The van der Waals surface area contributed by atoms with Crippen LogP contribution in [0, 0.1) is 0 Å². The van der Waals surface area contributed by atoms with Crippen molar-refractivity contribution in [3.8, 4) is 0 Å². The van der Waals surface area contributed by atoms with Crippen molar-refractivity contribution in [2.45, 2.75) is 31.8 Å². The van der Waals surface area contributed by atoms with Gasteiger partial charge >= 0.3 is 0 Å². The molecule has 1 fully saturated rings. The van der Waals surface area contributed by atoms with E-state index in [9.17, 15) is 13.2 Å². The lowest BCUT2D eigenvalue weighted by Gasteiger charge is -2.29. The van der Waals surface area contributed by atoms with Crippen molar-refractivity contribution in [2.75, 3.05) is 19.3 Å². The summed E-state index contributed by atoms with van der Waals surface area (Å²) in [5.41, 5.74) is 2.08. The number of rotatable bonds is 7. The topological polar surface area (TPSA) is 70.6 Å². The average molecular weight is 388 g/mol. The molecule has 144 valence electrons. The van der Waals surface area contributed by atoms with E-state index >= 15 is 0 Å². The number of nitrogens with zero attached hydrogens (tertiary/aromatic N) is 3. The van der Waals surface area contributed by atoms with Crippen LogP contribution >= 0.6 is 0 Å². The number of amides is 1. The van der Waals surface area contributed by atoms with Crippen molar-refractivity contribution in [1.82, 2.24) is 14.2 Å². The normalized spacial score (nSPS) is 17.7. The number of carbonyl (C=O) groups is 1. The van der Waals surface area contributed by atoms with Gasteiger partial charge in [0.1, 0.15) is 6.04 Å². The largest absolute Gasteiger partial charge is 0.337 e. The van der Waals surface area contributed by atoms with Gasteiger partial charge in [-0.05, 0) is 36.5 Å². The lowest BCUT2D eigenvalue weighted by Crippen LogP contribution is -2.47. The van der Waals surface area contributed by atoms with Gasteiger partial charge in [0.25, 0.3) is 0 Å². The van der Waals surface area contributed by atoms with E-state index in [1.54, 1.807) is 17.3 Å². The summed E-state index contributed by atoms with van der Waals surface area (Å²) in [6.45, 7) is 1.37. The zero-order valence-corrected chi connectivity index (χ0v) is 16.3. The molecule has 1 saturated heterocycles. The van der Waals surface area contributed by atoms with Gasteiger partial charge in [0.15, 0.2) is 0 Å². The molecule has 2 heterocycles. The standard InChI is InChI=1S/C20H25N3O3S/c1-27(25,26)23-13-6-10-19(23)20(24)22(16-18-9-5-12-21-15-18)14-11-17-7-3-2-4-8-17/h2-5,7-9,12,15,19H,6,10-11,13-14,16H2,1H3. The van der Waals surface area contributed by atoms with E-state index < -0.39 is 16.1 Å². The molecule has 3 rings (SSSR count). The highest BCUT2D eigenvalue weighted by atomic mass is 32.2. The summed E-state index contributed by atoms with van der Waals surface area (Å²) in [7, 11) is -3.40. The van der Waals surface area contributed by atoms with Gasteiger partial charge in [-0.1, -0.05) is 36.4 Å². The van der Waals surface area contributed by atoms with Gasteiger partial charge in [0.05, 0.1) is 6.26 Å². The number of sulfonamides is 1. The smallest absolute Gasteiger partial charge is 0.241 e. The molecule has 0 aliphatic carbocycles. The van der Waals surface area contributed by atoms with Crippen molar-refractivity contribution in [2.24, 2.45) is 0 Å². The molecule has 0 N–H and O–H groups in total. The molecule has 0 saturated carbocycles. The second kappa shape index (κ2) is 8.63. The highest BCUT2D eigenvalue weighted by Crippen LogP contribution is 2.23. The Morgan fingerprint density at radius 2 is 1.93 bits per heavy atom. The van der Waals surface area contributed by atoms with E-state index in [0.29, 0.717) is 32.5 Å². The summed E-state index contributed by atoms with van der Waals surface area (Å²) in [6.07, 6.45) is 6.61. The fraction of sp³-hybridized carbons (Fsp3) is 0.400. The highest BCUT2D eigenvalue weighted by Gasteiger charge is 2.38. The zero-order valence-electron chi connectivity index (χ0n) is 15.5. The number of benzene rings is 1. The first kappa shape index (κ1) is 19.5. The van der Waals surface area contributed by atoms with Crippen LogP contribution in [0.25, 0.3) is 0 Å². The van der Waals surface area contributed by atoms with Gasteiger partial charge in [0.2, 0.25) is 15.9 Å². The third kappa shape index (κ3) is 5.14. The summed E-state index contributed by atoms with van der Waals surface area (Å²) in [4.78, 5) is 19.1. The lowest BCUT2D eigenvalue weighted by molar-refractivity contribution is -0.135. The van der Waals surface area contributed by atoms with Crippen LogP contribution in [0.3, 0.4) is 0 Å². The Balaban J connectivity index is 1.78. The van der Waals surface area contributed by atoms with Gasteiger partial charge in [-0.2, -0.15) is 4.31 Å². The SMILES string of the molecule is CS(=O)(=O)N1CCCC1C(=O)N(CCc1ccccc1)Cc1cccnc1. The van der Waals surface area contributed by atoms with Gasteiger partial charge in [0, 0.05) is 32.0 Å². The average Bonchev–Trinajstić information content (AvgIpc) is 3.16. The molecule has 2 aromatic rings. The van der Waals surface area contributed by atoms with E-state index in [-0.39, 0.29) is 5.91 Å². The Kier molecular flexibility index (Phi) is 6.23. The van der Waals surface area contributed by atoms with E-state index in [2.05, 4.69) is 4.98 Å². The van der Waals surface area contributed by atoms with Gasteiger partial charge in [-0.3, -0.25) is 9.78 Å². The second-order valence-electron chi connectivity index (χ2n) is 6.89. The first-order valence-electron chi connectivity index (χ1n) is 9.13. The number of pyridine rings is 1. The van der Waals surface area contributed by atoms with Crippen LogP contribution < -0.4 is 0 Å². The summed E-state index contributed by atoms with van der Waals surface area (Å²) in [6, 6.07) is 13.1. The fourth-order valence-electron chi connectivity index (χ4n) is 3.48. The molecule has 1 amide bonds. The van der Waals surface area contributed by atoms with E-state index in [1.807, 2.05) is 42.5 Å². The molecule has 1 unspecified atom stereocenters. The van der Waals surface area contributed by atoms with Crippen LogP contribution in [-0.2, 0) is 27.8 Å². The molecule has 1 aromatic heterocycles. The first-order valence-corrected chi connectivity index (χ1v) is 11.0. The second-order valence-corrected chi connectivity index (χ2v) is 8.82. The summed E-state index contributed by atoms with van der Waals surface area (Å²) < 4.78 is 25.4. The minimum atomic E-state index is -3.40. The van der Waals surface area contributed by atoms with E-state index in [4.69, 9.17) is 0 Å². The Morgan fingerprint density at radius 1 is 1.19 bits per heavy atom. The Labute approximate surface area is 160 Å². The zero-order chi connectivity index (χ0) is 19.3. The van der Waals surface area contributed by atoms with Gasteiger partial charge < -0.3 is 4.90 Å². The predicted molar refractivity (Wildman–Crippen MR) is 104 cm³/mol. The van der Waals surface area contributed by atoms with Gasteiger partial charge in [-0.15, -0.1) is 0 Å². The molecular weight excluding hydrogens is 362 g/mol. The van der Waals surface area contributed by atoms with E-state index in [1.165, 1.54) is 10.6 Å². The molecule has 0 spiro atoms. The maximum atomic E-state index is 13.2. The van der Waals surface area contributed by atoms with Crippen molar-refractivity contribution < 1.29 is 13.2 Å². The Morgan fingerprint density at radius 3 is 2.59 bits per heavy atom. The third-order valence-electron chi connectivity index (χ3n) is 4.84. The molecule has 0 bridgehead atoms. The number of aromatic nitrogens is 1. The highest BCUT2D eigenvalue weighted by molar-refractivity contribution is 7.88. The Bertz CT molecular complexity index is 857. The monoisotopic (exact) mass is 387 g/mol. The summed E-state index contributed by atoms with van der Waals surface area (Å²) in [5.74, 6) is -0.127. The summed E-state index contributed by atoms with van der Waals surface area (Å²) >= 11 is 0. The number of hydrogen-bond acceptors (Lipinski definition) is 4. The minimum Gasteiger partial charge on any atom is -0.337 e. The molecule has 7 heteroatoms. The van der Waals surface area contributed by atoms with Crippen LogP contribution in [0.4, 0.5) is 0 Å². The third-order valence-corrected chi connectivity index (χ3v) is 6.12. The molecule has 1 aromatic carbocycles.